The highest BCUT2D eigenvalue weighted by Crippen LogP contribution is 2.43. The van der Waals surface area contributed by atoms with Gasteiger partial charge in [-0.15, -0.1) is 0 Å². The van der Waals surface area contributed by atoms with Crippen molar-refractivity contribution in [1.29, 1.82) is 0 Å². The van der Waals surface area contributed by atoms with Crippen molar-refractivity contribution < 1.29 is 9.21 Å². The van der Waals surface area contributed by atoms with Crippen LogP contribution in [0.5, 0.6) is 0 Å². The first-order chi connectivity index (χ1) is 13.7. The van der Waals surface area contributed by atoms with Crippen molar-refractivity contribution in [2.75, 3.05) is 5.73 Å². The lowest BCUT2D eigenvalue weighted by Crippen LogP contribution is -2.28. The van der Waals surface area contributed by atoms with E-state index in [1.807, 2.05) is 48.5 Å². The molecule has 3 N–H and O–H groups in total. The number of fused-ring (bicyclic) bond motifs is 3. The van der Waals surface area contributed by atoms with Crippen molar-refractivity contribution in [2.24, 2.45) is 0 Å². The first kappa shape index (κ1) is 16.3. The summed E-state index contributed by atoms with van der Waals surface area (Å²) in [6.45, 7) is 0. The van der Waals surface area contributed by atoms with Crippen molar-refractivity contribution in [2.45, 2.75) is 6.04 Å². The number of hydrogen-bond acceptors (Lipinski definition) is 4. The third-order valence-corrected chi connectivity index (χ3v) is 5.00. The smallest absolute Gasteiger partial charge is 0.274 e. The molecule has 1 amide bonds. The molecule has 1 aromatic heterocycles. The van der Waals surface area contributed by atoms with E-state index in [1.54, 1.807) is 12.1 Å². The van der Waals surface area contributed by atoms with Crippen LogP contribution in [-0.4, -0.2) is 10.9 Å². The largest absolute Gasteiger partial charge is 0.444 e. The van der Waals surface area contributed by atoms with Gasteiger partial charge in [0, 0.05) is 11.3 Å². The van der Waals surface area contributed by atoms with Crippen LogP contribution in [0.25, 0.3) is 22.6 Å². The minimum absolute atomic E-state index is 0.212. The van der Waals surface area contributed by atoms with Crippen LogP contribution in [0.15, 0.2) is 83.5 Å². The molecule has 0 saturated carbocycles. The Balaban J connectivity index is 1.44. The van der Waals surface area contributed by atoms with E-state index in [0.29, 0.717) is 11.6 Å². The van der Waals surface area contributed by atoms with E-state index >= 15 is 0 Å². The van der Waals surface area contributed by atoms with Crippen molar-refractivity contribution in [1.82, 2.24) is 10.3 Å². The minimum atomic E-state index is -0.276. The predicted molar refractivity (Wildman–Crippen MR) is 108 cm³/mol. The number of carbonyl (C=O) groups is 1. The normalized spacial score (nSPS) is 12.4. The highest BCUT2D eigenvalue weighted by Gasteiger charge is 2.30. The van der Waals surface area contributed by atoms with Gasteiger partial charge in [-0.1, -0.05) is 48.5 Å². The molecule has 5 nitrogen and oxygen atoms in total. The molecule has 0 fully saturated rings. The summed E-state index contributed by atoms with van der Waals surface area (Å²) in [6.07, 6.45) is 1.38. The van der Waals surface area contributed by atoms with Crippen molar-refractivity contribution >= 4 is 11.6 Å². The van der Waals surface area contributed by atoms with Gasteiger partial charge in [-0.05, 0) is 46.5 Å². The Labute approximate surface area is 161 Å². The molecule has 0 bridgehead atoms. The van der Waals surface area contributed by atoms with E-state index in [2.05, 4.69) is 22.4 Å². The number of carbonyl (C=O) groups excluding carboxylic acids is 1. The lowest BCUT2D eigenvalue weighted by molar-refractivity contribution is 0.0938. The van der Waals surface area contributed by atoms with Gasteiger partial charge in [-0.2, -0.15) is 0 Å². The minimum Gasteiger partial charge on any atom is -0.444 e. The molecule has 0 saturated heterocycles. The lowest BCUT2D eigenvalue weighted by atomic mass is 10.1. The van der Waals surface area contributed by atoms with Gasteiger partial charge in [0.05, 0.1) is 6.04 Å². The molecule has 5 rings (SSSR count). The zero-order valence-electron chi connectivity index (χ0n) is 14.9. The maximum atomic E-state index is 12.9. The summed E-state index contributed by atoms with van der Waals surface area (Å²) in [6, 6.07) is 23.2. The number of nitrogen functional groups attached to an aromatic ring is 1. The number of aromatic nitrogens is 1. The Bertz CT molecular complexity index is 1130. The summed E-state index contributed by atoms with van der Waals surface area (Å²) in [5, 5.41) is 3.10. The average Bonchev–Trinajstić information content (AvgIpc) is 3.33. The average molecular weight is 367 g/mol. The fourth-order valence-corrected chi connectivity index (χ4v) is 3.65. The molecule has 0 aliphatic heterocycles. The van der Waals surface area contributed by atoms with E-state index in [9.17, 15) is 4.79 Å². The highest BCUT2D eigenvalue weighted by molar-refractivity contribution is 5.94. The topological polar surface area (TPSA) is 81.1 Å². The first-order valence-electron chi connectivity index (χ1n) is 9.01. The molecule has 136 valence electrons. The molecule has 5 heteroatoms. The summed E-state index contributed by atoms with van der Waals surface area (Å²) < 4.78 is 5.50. The first-order valence-corrected chi connectivity index (χ1v) is 9.01. The van der Waals surface area contributed by atoms with E-state index in [1.165, 1.54) is 6.26 Å². The van der Waals surface area contributed by atoms with Gasteiger partial charge >= 0.3 is 0 Å². The number of oxazole rings is 1. The number of nitrogens with one attached hydrogen (secondary N) is 1. The van der Waals surface area contributed by atoms with Gasteiger partial charge in [0.2, 0.25) is 5.89 Å². The molecular formula is C23H17N3O2. The molecule has 0 unspecified atom stereocenters. The number of benzene rings is 3. The standard InChI is InChI=1S/C23H17N3O2/c24-15-11-9-14(10-12-15)23-25-20(13-28-23)22(27)26-21-18-7-3-1-5-16(18)17-6-2-4-8-19(17)21/h1-13,21H,24H2,(H,26,27). The van der Waals surface area contributed by atoms with Crippen LogP contribution >= 0.6 is 0 Å². The van der Waals surface area contributed by atoms with E-state index < -0.39 is 0 Å². The van der Waals surface area contributed by atoms with Gasteiger partial charge < -0.3 is 15.5 Å². The number of amides is 1. The Morgan fingerprint density at radius 1 is 0.893 bits per heavy atom. The lowest BCUT2D eigenvalue weighted by Gasteiger charge is -2.14. The second kappa shape index (κ2) is 6.39. The zero-order valence-corrected chi connectivity index (χ0v) is 14.9. The van der Waals surface area contributed by atoms with Crippen LogP contribution < -0.4 is 11.1 Å². The van der Waals surface area contributed by atoms with Crippen molar-refractivity contribution in [3.05, 3.63) is 95.9 Å². The molecule has 0 radical (unpaired) electrons. The fourth-order valence-electron chi connectivity index (χ4n) is 3.65. The van der Waals surface area contributed by atoms with Crippen LogP contribution in [0.1, 0.15) is 27.7 Å². The van der Waals surface area contributed by atoms with Crippen molar-refractivity contribution in [3.63, 3.8) is 0 Å². The summed E-state index contributed by atoms with van der Waals surface area (Å²) >= 11 is 0. The van der Waals surface area contributed by atoms with Gasteiger partial charge in [-0.25, -0.2) is 4.98 Å². The van der Waals surface area contributed by atoms with Gasteiger partial charge in [-0.3, -0.25) is 4.79 Å². The third kappa shape index (κ3) is 2.65. The van der Waals surface area contributed by atoms with Gasteiger partial charge in [0.1, 0.15) is 6.26 Å². The van der Waals surface area contributed by atoms with Crippen molar-refractivity contribution in [3.8, 4) is 22.6 Å². The number of anilines is 1. The zero-order chi connectivity index (χ0) is 19.1. The van der Waals surface area contributed by atoms with Crippen LogP contribution in [0.2, 0.25) is 0 Å². The summed E-state index contributed by atoms with van der Waals surface area (Å²) in [7, 11) is 0. The number of rotatable bonds is 3. The fraction of sp³-hybridized carbons (Fsp3) is 0.0435. The Morgan fingerprint density at radius 3 is 2.14 bits per heavy atom. The Morgan fingerprint density at radius 2 is 1.50 bits per heavy atom. The number of nitrogens with two attached hydrogens (primary N) is 1. The maximum Gasteiger partial charge on any atom is 0.274 e. The van der Waals surface area contributed by atoms with E-state index in [0.717, 1.165) is 27.8 Å². The maximum absolute atomic E-state index is 12.9. The molecule has 0 spiro atoms. The highest BCUT2D eigenvalue weighted by atomic mass is 16.3. The number of hydrogen-bond donors (Lipinski definition) is 2. The van der Waals surface area contributed by atoms with Crippen LogP contribution in [0.4, 0.5) is 5.69 Å². The van der Waals surface area contributed by atoms with Gasteiger partial charge in [0.25, 0.3) is 5.91 Å². The molecule has 4 aromatic rings. The number of nitrogens with zero attached hydrogens (tertiary/aromatic N) is 1. The van der Waals surface area contributed by atoms with E-state index in [4.69, 9.17) is 10.2 Å². The summed E-state index contributed by atoms with van der Waals surface area (Å²) in [4.78, 5) is 17.2. The van der Waals surface area contributed by atoms with Crippen LogP contribution in [0, 0.1) is 0 Å². The Kier molecular flexibility index (Phi) is 3.72. The molecule has 3 aromatic carbocycles. The van der Waals surface area contributed by atoms with E-state index in [-0.39, 0.29) is 17.6 Å². The summed E-state index contributed by atoms with van der Waals surface area (Å²) in [5.41, 5.74) is 11.8. The molecular weight excluding hydrogens is 350 g/mol. The molecule has 1 aliphatic carbocycles. The quantitative estimate of drug-likeness (QED) is 0.525. The third-order valence-electron chi connectivity index (χ3n) is 5.00. The van der Waals surface area contributed by atoms with Crippen LogP contribution in [-0.2, 0) is 0 Å². The molecule has 0 atom stereocenters. The second-order valence-electron chi connectivity index (χ2n) is 6.74. The van der Waals surface area contributed by atoms with Gasteiger partial charge in [0.15, 0.2) is 5.69 Å². The SMILES string of the molecule is Nc1ccc(-c2nc(C(=O)NC3c4ccccc4-c4ccccc43)co2)cc1. The molecule has 1 heterocycles. The molecule has 28 heavy (non-hydrogen) atoms. The Hall–Kier alpha value is -3.86. The predicted octanol–water partition coefficient (Wildman–Crippen LogP) is 4.42. The molecule has 1 aliphatic rings. The second-order valence-corrected chi connectivity index (χ2v) is 6.74. The van der Waals surface area contributed by atoms with Crippen LogP contribution in [0.3, 0.4) is 0 Å². The monoisotopic (exact) mass is 367 g/mol. The summed E-state index contributed by atoms with van der Waals surface area (Å²) in [5.74, 6) is 0.110.